The van der Waals surface area contributed by atoms with E-state index in [0.717, 1.165) is 51.4 Å². The molecule has 0 aliphatic heterocycles. The van der Waals surface area contributed by atoms with Crippen LogP contribution in [0.3, 0.4) is 0 Å². The molecule has 29 heavy (non-hydrogen) atoms. The van der Waals surface area contributed by atoms with Gasteiger partial charge in [0.1, 0.15) is 0 Å². The Labute approximate surface area is 173 Å². The van der Waals surface area contributed by atoms with Gasteiger partial charge in [0.15, 0.2) is 0 Å². The number of alkyl halides is 2. The summed E-state index contributed by atoms with van der Waals surface area (Å²) in [4.78, 5) is 10.9. The summed E-state index contributed by atoms with van der Waals surface area (Å²) >= 11 is 0. The van der Waals surface area contributed by atoms with Crippen molar-refractivity contribution in [3.8, 4) is 0 Å². The summed E-state index contributed by atoms with van der Waals surface area (Å²) in [5.74, 6) is -3.99. The summed E-state index contributed by atoms with van der Waals surface area (Å²) in [6.45, 7) is 6.53. The molecular weight excluding hydrogens is 374 g/mol. The Morgan fingerprint density at radius 3 is 2.62 bits per heavy atom. The van der Waals surface area contributed by atoms with Crippen LogP contribution in [0.5, 0.6) is 0 Å². The van der Waals surface area contributed by atoms with E-state index in [2.05, 4.69) is 19.9 Å². The van der Waals surface area contributed by atoms with Crippen LogP contribution in [0.4, 0.5) is 8.78 Å². The van der Waals surface area contributed by atoms with Gasteiger partial charge in [0, 0.05) is 6.42 Å². The van der Waals surface area contributed by atoms with Gasteiger partial charge in [-0.15, -0.1) is 0 Å². The second-order valence-electron chi connectivity index (χ2n) is 11.1. The number of hydrogen-bond donors (Lipinski definition) is 2. The first kappa shape index (κ1) is 21.3. The molecule has 0 radical (unpaired) electrons. The molecule has 0 aromatic rings. The van der Waals surface area contributed by atoms with Crippen LogP contribution in [0.1, 0.15) is 78.6 Å². The number of aliphatic hydroxyl groups is 1. The highest BCUT2D eigenvalue weighted by Crippen LogP contribution is 2.67. The lowest BCUT2D eigenvalue weighted by atomic mass is 9.47. The minimum Gasteiger partial charge on any atom is -0.477 e. The van der Waals surface area contributed by atoms with E-state index < -0.39 is 18.3 Å². The fourth-order valence-electron chi connectivity index (χ4n) is 8.25. The molecule has 8 atom stereocenters. The maximum Gasteiger partial charge on any atom is 0.374 e. The van der Waals surface area contributed by atoms with Gasteiger partial charge in [-0.25, -0.2) is 4.79 Å². The predicted octanol–water partition coefficient (Wildman–Crippen LogP) is 5.67. The molecule has 4 aliphatic rings. The average Bonchev–Trinajstić information content (AvgIpc) is 2.99. The van der Waals surface area contributed by atoms with E-state index >= 15 is 0 Å². The zero-order chi connectivity index (χ0) is 21.2. The highest BCUT2D eigenvalue weighted by atomic mass is 19.3. The lowest BCUT2D eigenvalue weighted by Gasteiger charge is -2.58. The number of hydrogen-bond acceptors (Lipinski definition) is 2. The van der Waals surface area contributed by atoms with Gasteiger partial charge in [-0.2, -0.15) is 8.78 Å². The summed E-state index contributed by atoms with van der Waals surface area (Å²) in [6.07, 6.45) is 9.62. The third-order valence-electron chi connectivity index (χ3n) is 9.73. The maximum atomic E-state index is 13.9. The van der Waals surface area contributed by atoms with E-state index in [1.54, 1.807) is 0 Å². The number of carboxylic acid groups (broad SMARTS) is 1. The number of halogens is 2. The third-order valence-corrected chi connectivity index (χ3v) is 9.73. The van der Waals surface area contributed by atoms with Crippen LogP contribution in [0.25, 0.3) is 0 Å². The van der Waals surface area contributed by atoms with Crippen molar-refractivity contribution < 1.29 is 23.8 Å². The van der Waals surface area contributed by atoms with Crippen molar-refractivity contribution in [2.75, 3.05) is 0 Å². The first-order chi connectivity index (χ1) is 13.5. The van der Waals surface area contributed by atoms with Gasteiger partial charge >= 0.3 is 11.9 Å². The van der Waals surface area contributed by atoms with Gasteiger partial charge in [0.05, 0.1) is 6.10 Å². The van der Waals surface area contributed by atoms with E-state index in [4.69, 9.17) is 5.11 Å². The fraction of sp³-hybridized carbons (Fsp3) is 0.875. The first-order valence-corrected chi connectivity index (χ1v) is 11.5. The molecule has 4 rings (SSSR count). The molecule has 5 heteroatoms. The quantitative estimate of drug-likeness (QED) is 0.587. The maximum absolute atomic E-state index is 13.9. The number of carbonyl (C=O) groups is 1. The van der Waals surface area contributed by atoms with Gasteiger partial charge in [-0.1, -0.05) is 32.4 Å². The van der Waals surface area contributed by atoms with Crippen LogP contribution < -0.4 is 0 Å². The summed E-state index contributed by atoms with van der Waals surface area (Å²) in [6, 6.07) is 0. The summed E-state index contributed by atoms with van der Waals surface area (Å²) < 4.78 is 27.8. The highest BCUT2D eigenvalue weighted by molar-refractivity contribution is 5.75. The van der Waals surface area contributed by atoms with Crippen molar-refractivity contribution in [3.05, 3.63) is 11.6 Å². The van der Waals surface area contributed by atoms with E-state index in [1.807, 2.05) is 6.92 Å². The smallest absolute Gasteiger partial charge is 0.374 e. The molecule has 4 aliphatic carbocycles. The Kier molecular flexibility index (Phi) is 5.16. The van der Waals surface area contributed by atoms with Gasteiger partial charge in [0.2, 0.25) is 0 Å². The van der Waals surface area contributed by atoms with Crippen LogP contribution in [0, 0.1) is 40.4 Å². The standard InChI is InChI=1S/C24H36F2O3/c1-14(13-24(25,26)21(28)29)18-6-7-19-17-5-4-15-12-16(27)8-10-22(15,2)20(17)9-11-23(18,19)3/h4,14,16-20,27H,5-13H2,1-3H3,(H,28,29)/t14-,16+,17+,18-,19+,20+,22?,23-/m1/s1. The van der Waals surface area contributed by atoms with Crippen molar-refractivity contribution in [2.45, 2.75) is 90.6 Å². The number of aliphatic hydroxyl groups excluding tert-OH is 1. The van der Waals surface area contributed by atoms with Crippen LogP contribution in [-0.2, 0) is 4.79 Å². The van der Waals surface area contributed by atoms with Crippen molar-refractivity contribution in [1.29, 1.82) is 0 Å². The predicted molar refractivity (Wildman–Crippen MR) is 108 cm³/mol. The summed E-state index contributed by atoms with van der Waals surface area (Å²) in [7, 11) is 0. The molecule has 2 N–H and O–H groups in total. The lowest BCUT2D eigenvalue weighted by molar-refractivity contribution is -0.168. The minimum absolute atomic E-state index is 0.0328. The molecule has 0 saturated heterocycles. The summed E-state index contributed by atoms with van der Waals surface area (Å²) in [5.41, 5.74) is 1.67. The molecule has 0 amide bonds. The van der Waals surface area contributed by atoms with E-state index in [9.17, 15) is 18.7 Å². The van der Waals surface area contributed by atoms with Crippen molar-refractivity contribution in [2.24, 2.45) is 40.4 Å². The van der Waals surface area contributed by atoms with Gasteiger partial charge in [0.25, 0.3) is 0 Å². The van der Waals surface area contributed by atoms with Crippen LogP contribution in [0.15, 0.2) is 11.6 Å². The Morgan fingerprint density at radius 2 is 1.93 bits per heavy atom. The monoisotopic (exact) mass is 410 g/mol. The highest BCUT2D eigenvalue weighted by Gasteiger charge is 2.59. The number of allylic oxidation sites excluding steroid dienone is 1. The third kappa shape index (κ3) is 3.26. The van der Waals surface area contributed by atoms with Gasteiger partial charge < -0.3 is 10.2 Å². The Hall–Kier alpha value is -0.970. The zero-order valence-corrected chi connectivity index (χ0v) is 18.0. The number of fused-ring (bicyclic) bond motifs is 5. The van der Waals surface area contributed by atoms with Crippen LogP contribution >= 0.6 is 0 Å². The first-order valence-electron chi connectivity index (χ1n) is 11.5. The zero-order valence-electron chi connectivity index (χ0n) is 18.0. The van der Waals surface area contributed by atoms with Crippen molar-refractivity contribution >= 4 is 5.97 Å². The van der Waals surface area contributed by atoms with E-state index in [1.165, 1.54) is 5.57 Å². The summed E-state index contributed by atoms with van der Waals surface area (Å²) in [5, 5.41) is 19.0. The SMILES string of the molecule is C[C@H](CC(F)(F)C(=O)O)[C@H]1CC[C@H]2[C@@H]3CC=C4C[C@@H](O)CCC4(C)[C@H]3CC[C@]12C. The largest absolute Gasteiger partial charge is 0.477 e. The second-order valence-corrected chi connectivity index (χ2v) is 11.1. The molecule has 3 saturated carbocycles. The van der Waals surface area contributed by atoms with Gasteiger partial charge in [-0.05, 0) is 91.8 Å². The minimum atomic E-state index is -3.63. The molecule has 3 nitrogen and oxygen atoms in total. The molecular formula is C24H36F2O3. The number of aliphatic carboxylic acids is 1. The number of rotatable bonds is 4. The molecule has 3 fully saturated rings. The normalized spacial score (nSPS) is 45.6. The number of carboxylic acids is 1. The van der Waals surface area contributed by atoms with E-state index in [0.29, 0.717) is 17.8 Å². The second kappa shape index (κ2) is 7.03. The Balaban J connectivity index is 1.55. The molecule has 164 valence electrons. The van der Waals surface area contributed by atoms with Crippen LogP contribution in [0.2, 0.25) is 0 Å². The van der Waals surface area contributed by atoms with Crippen LogP contribution in [-0.4, -0.2) is 28.2 Å². The van der Waals surface area contributed by atoms with Gasteiger partial charge in [-0.3, -0.25) is 0 Å². The Bertz CT molecular complexity index is 704. The van der Waals surface area contributed by atoms with Crippen molar-refractivity contribution in [1.82, 2.24) is 0 Å². The van der Waals surface area contributed by atoms with Crippen molar-refractivity contribution in [3.63, 3.8) is 0 Å². The fourth-order valence-corrected chi connectivity index (χ4v) is 8.25. The molecule has 0 spiro atoms. The molecule has 0 heterocycles. The molecule has 1 unspecified atom stereocenters. The Morgan fingerprint density at radius 1 is 1.21 bits per heavy atom. The average molecular weight is 411 g/mol. The molecule has 0 aromatic carbocycles. The molecule has 0 aromatic heterocycles. The topological polar surface area (TPSA) is 57.5 Å². The van der Waals surface area contributed by atoms with E-state index in [-0.39, 0.29) is 28.8 Å². The lowest BCUT2D eigenvalue weighted by Crippen LogP contribution is -2.51. The molecule has 0 bridgehead atoms.